The molecule has 3 atom stereocenters. The minimum Gasteiger partial charge on any atom is -0.454 e. The van der Waals surface area contributed by atoms with E-state index < -0.39 is 0 Å². The van der Waals surface area contributed by atoms with Crippen molar-refractivity contribution in [2.75, 3.05) is 26.6 Å². The van der Waals surface area contributed by atoms with Crippen LogP contribution in [0.2, 0.25) is 0 Å². The molecule has 0 radical (unpaired) electrons. The van der Waals surface area contributed by atoms with E-state index in [0.717, 1.165) is 37.4 Å². The Labute approximate surface area is 143 Å². The number of ether oxygens (including phenoxy) is 4. The topological polar surface area (TPSA) is 40.2 Å². The Morgan fingerprint density at radius 3 is 3.04 bits per heavy atom. The summed E-state index contributed by atoms with van der Waals surface area (Å²) < 4.78 is 22.7. The van der Waals surface area contributed by atoms with E-state index >= 15 is 0 Å². The highest BCUT2D eigenvalue weighted by molar-refractivity contribution is 5.44. The first-order valence-electron chi connectivity index (χ1n) is 8.80. The Balaban J connectivity index is 1.33. The van der Waals surface area contributed by atoms with Crippen LogP contribution in [0.4, 0.5) is 0 Å². The van der Waals surface area contributed by atoms with Crippen LogP contribution in [0.25, 0.3) is 0 Å². The van der Waals surface area contributed by atoms with E-state index in [0.29, 0.717) is 32.2 Å². The maximum atomic E-state index is 6.25. The van der Waals surface area contributed by atoms with Gasteiger partial charge >= 0.3 is 0 Å². The molecule has 0 saturated carbocycles. The standard InChI is InChI=1S/C19H25NO4/c1-2-9-21-12-15-4-5-16-17(24-15)7-8-20(16)11-14-3-6-18-19(10-14)23-13-22-18/h2-3,6,10,15-17H,1,4-5,7-9,11-13H2/t15-,16+,17+/m1/s1. The smallest absolute Gasteiger partial charge is 0.231 e. The zero-order chi connectivity index (χ0) is 16.4. The Morgan fingerprint density at radius 1 is 1.21 bits per heavy atom. The molecular formula is C19H25NO4. The molecule has 3 aliphatic rings. The molecule has 2 saturated heterocycles. The summed E-state index contributed by atoms with van der Waals surface area (Å²) in [7, 11) is 0. The van der Waals surface area contributed by atoms with Crippen molar-refractivity contribution in [3.05, 3.63) is 36.4 Å². The highest BCUT2D eigenvalue weighted by atomic mass is 16.7. The molecule has 0 aliphatic carbocycles. The fraction of sp³-hybridized carbons (Fsp3) is 0.579. The Hall–Kier alpha value is -1.56. The summed E-state index contributed by atoms with van der Waals surface area (Å²) in [5, 5.41) is 0. The minimum atomic E-state index is 0.233. The second-order valence-electron chi connectivity index (χ2n) is 6.71. The van der Waals surface area contributed by atoms with Crippen molar-refractivity contribution in [2.45, 2.75) is 44.1 Å². The Bertz CT molecular complexity index is 591. The quantitative estimate of drug-likeness (QED) is 0.592. The van der Waals surface area contributed by atoms with Gasteiger partial charge in [0.2, 0.25) is 6.79 Å². The van der Waals surface area contributed by atoms with Crippen LogP contribution in [0.15, 0.2) is 30.9 Å². The zero-order valence-corrected chi connectivity index (χ0v) is 14.0. The van der Waals surface area contributed by atoms with E-state index in [9.17, 15) is 0 Å². The van der Waals surface area contributed by atoms with E-state index in [-0.39, 0.29) is 6.10 Å². The fourth-order valence-corrected chi connectivity index (χ4v) is 3.96. The van der Waals surface area contributed by atoms with Gasteiger partial charge in [-0.1, -0.05) is 12.1 Å². The molecule has 24 heavy (non-hydrogen) atoms. The summed E-state index contributed by atoms with van der Waals surface area (Å²) >= 11 is 0. The van der Waals surface area contributed by atoms with Gasteiger partial charge in [0, 0.05) is 19.1 Å². The number of likely N-dealkylation sites (tertiary alicyclic amines) is 1. The largest absolute Gasteiger partial charge is 0.454 e. The summed E-state index contributed by atoms with van der Waals surface area (Å²) in [6.45, 7) is 7.32. The summed E-state index contributed by atoms with van der Waals surface area (Å²) in [5.41, 5.74) is 1.27. The lowest BCUT2D eigenvalue weighted by molar-refractivity contribution is -0.0971. The van der Waals surface area contributed by atoms with E-state index in [4.69, 9.17) is 18.9 Å². The van der Waals surface area contributed by atoms with Crippen LogP contribution < -0.4 is 9.47 Å². The first-order valence-corrected chi connectivity index (χ1v) is 8.80. The Kier molecular flexibility index (Phi) is 4.74. The number of fused-ring (bicyclic) bond motifs is 2. The van der Waals surface area contributed by atoms with Crippen molar-refractivity contribution in [2.24, 2.45) is 0 Å². The van der Waals surface area contributed by atoms with Crippen LogP contribution >= 0.6 is 0 Å². The van der Waals surface area contributed by atoms with Gasteiger partial charge in [0.15, 0.2) is 11.5 Å². The fourth-order valence-electron chi connectivity index (χ4n) is 3.96. The highest BCUT2D eigenvalue weighted by Crippen LogP contribution is 2.35. The van der Waals surface area contributed by atoms with Gasteiger partial charge in [-0.15, -0.1) is 6.58 Å². The van der Waals surface area contributed by atoms with Gasteiger partial charge < -0.3 is 18.9 Å². The SMILES string of the molecule is C=CCOC[C@H]1CC[C@H]2[C@H](CCN2Cc2ccc3c(c2)OCO3)O1. The third kappa shape index (κ3) is 3.29. The van der Waals surface area contributed by atoms with E-state index in [1.807, 2.05) is 6.07 Å². The number of benzene rings is 1. The monoisotopic (exact) mass is 331 g/mol. The Morgan fingerprint density at radius 2 is 2.12 bits per heavy atom. The molecule has 3 heterocycles. The van der Waals surface area contributed by atoms with Gasteiger partial charge in [-0.05, 0) is 37.0 Å². The predicted octanol–water partition coefficient (Wildman–Crippen LogP) is 2.74. The van der Waals surface area contributed by atoms with Gasteiger partial charge in [-0.25, -0.2) is 0 Å². The summed E-state index contributed by atoms with van der Waals surface area (Å²) in [5.74, 6) is 1.71. The molecule has 5 heteroatoms. The van der Waals surface area contributed by atoms with Crippen LogP contribution in [0.3, 0.4) is 0 Å². The minimum absolute atomic E-state index is 0.233. The average molecular weight is 331 g/mol. The van der Waals surface area contributed by atoms with Gasteiger partial charge in [0.25, 0.3) is 0 Å². The molecule has 130 valence electrons. The third-order valence-electron chi connectivity index (χ3n) is 5.11. The van der Waals surface area contributed by atoms with Crippen LogP contribution in [0.1, 0.15) is 24.8 Å². The molecule has 0 bridgehead atoms. The summed E-state index contributed by atoms with van der Waals surface area (Å²) in [6, 6.07) is 6.77. The van der Waals surface area contributed by atoms with Crippen molar-refractivity contribution in [3.8, 4) is 11.5 Å². The van der Waals surface area contributed by atoms with E-state index in [1.165, 1.54) is 12.0 Å². The highest BCUT2D eigenvalue weighted by Gasteiger charge is 2.39. The molecule has 5 nitrogen and oxygen atoms in total. The lowest BCUT2D eigenvalue weighted by Gasteiger charge is -2.36. The van der Waals surface area contributed by atoms with Crippen molar-refractivity contribution < 1.29 is 18.9 Å². The molecule has 2 fully saturated rings. The molecular weight excluding hydrogens is 306 g/mol. The van der Waals surface area contributed by atoms with Crippen molar-refractivity contribution in [1.29, 1.82) is 0 Å². The second-order valence-corrected chi connectivity index (χ2v) is 6.71. The number of nitrogens with zero attached hydrogens (tertiary/aromatic N) is 1. The lowest BCUT2D eigenvalue weighted by atomic mass is 9.99. The van der Waals surface area contributed by atoms with Crippen LogP contribution in [0.5, 0.6) is 11.5 Å². The van der Waals surface area contributed by atoms with Crippen LogP contribution in [-0.4, -0.2) is 49.7 Å². The number of rotatable bonds is 6. The first-order chi connectivity index (χ1) is 11.8. The lowest BCUT2D eigenvalue weighted by Crippen LogP contribution is -2.43. The maximum Gasteiger partial charge on any atom is 0.231 e. The van der Waals surface area contributed by atoms with Gasteiger partial charge in [0.05, 0.1) is 25.4 Å². The first kappa shape index (κ1) is 15.9. The number of hydrogen-bond donors (Lipinski definition) is 0. The molecule has 1 aromatic rings. The second kappa shape index (κ2) is 7.13. The van der Waals surface area contributed by atoms with Crippen molar-refractivity contribution >= 4 is 0 Å². The van der Waals surface area contributed by atoms with Crippen molar-refractivity contribution in [3.63, 3.8) is 0 Å². The van der Waals surface area contributed by atoms with Gasteiger partial charge in [-0.2, -0.15) is 0 Å². The molecule has 0 aromatic heterocycles. The maximum absolute atomic E-state index is 6.25. The molecule has 3 aliphatic heterocycles. The molecule has 0 spiro atoms. The average Bonchev–Trinajstić information content (AvgIpc) is 3.22. The van der Waals surface area contributed by atoms with Crippen LogP contribution in [0, 0.1) is 0 Å². The molecule has 0 amide bonds. The van der Waals surface area contributed by atoms with E-state index in [1.54, 1.807) is 6.08 Å². The molecule has 4 rings (SSSR count). The summed E-state index contributed by atoms with van der Waals surface area (Å²) in [4.78, 5) is 2.54. The molecule has 0 N–H and O–H groups in total. The van der Waals surface area contributed by atoms with E-state index in [2.05, 4.69) is 23.6 Å². The van der Waals surface area contributed by atoms with Gasteiger partial charge in [-0.3, -0.25) is 4.90 Å². The summed E-state index contributed by atoms with van der Waals surface area (Å²) in [6.07, 6.45) is 5.70. The normalized spacial score (nSPS) is 28.8. The molecule has 0 unspecified atom stereocenters. The predicted molar refractivity (Wildman–Crippen MR) is 90.3 cm³/mol. The van der Waals surface area contributed by atoms with Gasteiger partial charge in [0.1, 0.15) is 0 Å². The molecule has 1 aromatic carbocycles. The van der Waals surface area contributed by atoms with Crippen molar-refractivity contribution in [1.82, 2.24) is 4.90 Å². The van der Waals surface area contributed by atoms with Crippen LogP contribution in [-0.2, 0) is 16.0 Å². The number of hydrogen-bond acceptors (Lipinski definition) is 5. The zero-order valence-electron chi connectivity index (χ0n) is 14.0. The third-order valence-corrected chi connectivity index (χ3v) is 5.11.